The Bertz CT molecular complexity index is 832. The van der Waals surface area contributed by atoms with Gasteiger partial charge in [0.15, 0.2) is 5.78 Å². The van der Waals surface area contributed by atoms with Gasteiger partial charge in [0.25, 0.3) is 0 Å². The van der Waals surface area contributed by atoms with Crippen LogP contribution in [-0.2, 0) is 6.54 Å². The number of hydrogen-bond donors (Lipinski definition) is 0. The number of aryl methyl sites for hydroxylation is 1. The molecule has 4 heteroatoms. The lowest BCUT2D eigenvalue weighted by Crippen LogP contribution is -2.02. The number of benzene rings is 2. The number of Topliss-reactive ketones (excluding diaryl/α,β-unsaturated/α-hetero) is 1. The number of nitrogens with zero attached hydrogens (tertiary/aromatic N) is 2. The first-order valence-electron chi connectivity index (χ1n) is 7.19. The van der Waals surface area contributed by atoms with Crippen LogP contribution in [0.15, 0.2) is 42.5 Å². The largest absolute Gasteiger partial charge is 0.497 e. The summed E-state index contributed by atoms with van der Waals surface area (Å²) in [5, 5.41) is 5.63. The third kappa shape index (κ3) is 2.60. The molecule has 2 aromatic carbocycles. The van der Waals surface area contributed by atoms with E-state index < -0.39 is 0 Å². The molecule has 0 bridgehead atoms. The number of fused-ring (bicyclic) bond motifs is 1. The predicted molar refractivity (Wildman–Crippen MR) is 86.6 cm³/mol. The molecule has 0 saturated heterocycles. The lowest BCUT2D eigenvalue weighted by Gasteiger charge is -2.05. The highest BCUT2D eigenvalue weighted by molar-refractivity contribution is 5.98. The van der Waals surface area contributed by atoms with Crippen LogP contribution in [0, 0.1) is 6.92 Å². The summed E-state index contributed by atoms with van der Waals surface area (Å²) in [6, 6.07) is 13.7. The van der Waals surface area contributed by atoms with Crippen molar-refractivity contribution >= 4 is 16.7 Å². The average Bonchev–Trinajstić information content (AvgIpc) is 2.84. The Hall–Kier alpha value is -2.62. The Labute approximate surface area is 129 Å². The fourth-order valence-corrected chi connectivity index (χ4v) is 2.58. The molecule has 0 aliphatic carbocycles. The molecular weight excluding hydrogens is 276 g/mol. The van der Waals surface area contributed by atoms with Gasteiger partial charge in [-0.05, 0) is 49.7 Å². The van der Waals surface area contributed by atoms with E-state index in [1.807, 2.05) is 54.1 Å². The van der Waals surface area contributed by atoms with Gasteiger partial charge >= 0.3 is 0 Å². The van der Waals surface area contributed by atoms with E-state index >= 15 is 0 Å². The Morgan fingerprint density at radius 3 is 2.55 bits per heavy atom. The minimum Gasteiger partial charge on any atom is -0.497 e. The maximum absolute atomic E-state index is 11.5. The molecular formula is C18H18N2O2. The monoisotopic (exact) mass is 294 g/mol. The van der Waals surface area contributed by atoms with E-state index in [0.717, 1.165) is 33.5 Å². The molecule has 0 saturated carbocycles. The third-order valence-corrected chi connectivity index (χ3v) is 3.83. The molecule has 0 amide bonds. The van der Waals surface area contributed by atoms with E-state index in [9.17, 15) is 4.79 Å². The number of hydrogen-bond acceptors (Lipinski definition) is 3. The minimum absolute atomic E-state index is 0.0733. The molecule has 1 aromatic heterocycles. The van der Waals surface area contributed by atoms with Gasteiger partial charge in [-0.15, -0.1) is 0 Å². The van der Waals surface area contributed by atoms with Crippen LogP contribution in [-0.4, -0.2) is 22.7 Å². The summed E-state index contributed by atoms with van der Waals surface area (Å²) in [4.78, 5) is 11.5. The van der Waals surface area contributed by atoms with Crippen molar-refractivity contribution in [3.05, 3.63) is 59.3 Å². The molecule has 0 aliphatic rings. The normalized spacial score (nSPS) is 10.9. The van der Waals surface area contributed by atoms with E-state index in [1.54, 1.807) is 14.0 Å². The van der Waals surface area contributed by atoms with Crippen LogP contribution in [0.1, 0.15) is 28.5 Å². The maximum atomic E-state index is 11.5. The summed E-state index contributed by atoms with van der Waals surface area (Å²) >= 11 is 0. The van der Waals surface area contributed by atoms with Crippen molar-refractivity contribution in [2.45, 2.75) is 20.4 Å². The van der Waals surface area contributed by atoms with Crippen LogP contribution >= 0.6 is 0 Å². The first-order valence-corrected chi connectivity index (χ1v) is 7.19. The molecule has 3 aromatic rings. The van der Waals surface area contributed by atoms with Crippen molar-refractivity contribution in [2.75, 3.05) is 7.11 Å². The van der Waals surface area contributed by atoms with Crippen LogP contribution in [0.5, 0.6) is 5.75 Å². The molecule has 3 rings (SSSR count). The van der Waals surface area contributed by atoms with Gasteiger partial charge in [0, 0.05) is 10.9 Å². The average molecular weight is 294 g/mol. The van der Waals surface area contributed by atoms with Crippen molar-refractivity contribution in [1.29, 1.82) is 0 Å². The molecule has 0 fully saturated rings. The van der Waals surface area contributed by atoms with Crippen molar-refractivity contribution in [3.8, 4) is 5.75 Å². The van der Waals surface area contributed by atoms with Crippen LogP contribution < -0.4 is 4.74 Å². The van der Waals surface area contributed by atoms with E-state index in [-0.39, 0.29) is 5.78 Å². The molecule has 0 spiro atoms. The SMILES string of the molecule is COc1ccc(Cn2nc(C)c3cc(C(C)=O)ccc32)cc1. The number of rotatable bonds is 4. The summed E-state index contributed by atoms with van der Waals surface area (Å²) in [5.74, 6) is 0.917. The molecule has 0 aliphatic heterocycles. The fraction of sp³-hybridized carbons (Fsp3) is 0.222. The second-order valence-corrected chi connectivity index (χ2v) is 5.38. The molecule has 0 atom stereocenters. The smallest absolute Gasteiger partial charge is 0.159 e. The van der Waals surface area contributed by atoms with E-state index in [4.69, 9.17) is 4.74 Å². The van der Waals surface area contributed by atoms with Crippen molar-refractivity contribution in [2.24, 2.45) is 0 Å². The van der Waals surface area contributed by atoms with Crippen molar-refractivity contribution in [1.82, 2.24) is 9.78 Å². The zero-order valence-electron chi connectivity index (χ0n) is 13.0. The second-order valence-electron chi connectivity index (χ2n) is 5.38. The number of methoxy groups -OCH3 is 1. The van der Waals surface area contributed by atoms with Crippen LogP contribution in [0.2, 0.25) is 0 Å². The number of carbonyl (C=O) groups excluding carboxylic acids is 1. The van der Waals surface area contributed by atoms with Gasteiger partial charge in [-0.3, -0.25) is 9.48 Å². The van der Waals surface area contributed by atoms with Gasteiger partial charge in [0.1, 0.15) is 5.75 Å². The fourth-order valence-electron chi connectivity index (χ4n) is 2.58. The summed E-state index contributed by atoms with van der Waals surface area (Å²) in [6.07, 6.45) is 0. The zero-order chi connectivity index (χ0) is 15.7. The Morgan fingerprint density at radius 2 is 1.91 bits per heavy atom. The first kappa shape index (κ1) is 14.3. The topological polar surface area (TPSA) is 44.1 Å². The molecule has 0 radical (unpaired) electrons. The first-order chi connectivity index (χ1) is 10.6. The molecule has 22 heavy (non-hydrogen) atoms. The highest BCUT2D eigenvalue weighted by Crippen LogP contribution is 2.21. The quantitative estimate of drug-likeness (QED) is 0.690. The Morgan fingerprint density at radius 1 is 1.18 bits per heavy atom. The summed E-state index contributed by atoms with van der Waals surface area (Å²) < 4.78 is 7.14. The number of carbonyl (C=O) groups is 1. The van der Waals surface area contributed by atoms with Gasteiger partial charge < -0.3 is 4.74 Å². The highest BCUT2D eigenvalue weighted by atomic mass is 16.5. The molecule has 0 N–H and O–H groups in total. The second kappa shape index (κ2) is 5.64. The van der Waals surface area contributed by atoms with Gasteiger partial charge in [0.2, 0.25) is 0 Å². The molecule has 112 valence electrons. The number of aromatic nitrogens is 2. The maximum Gasteiger partial charge on any atom is 0.159 e. The predicted octanol–water partition coefficient (Wildman–Crippen LogP) is 3.60. The minimum atomic E-state index is 0.0733. The lowest BCUT2D eigenvalue weighted by molar-refractivity contribution is 0.101. The summed E-state index contributed by atoms with van der Waals surface area (Å²) in [6.45, 7) is 4.24. The highest BCUT2D eigenvalue weighted by Gasteiger charge is 2.10. The Kier molecular flexibility index (Phi) is 3.67. The summed E-state index contributed by atoms with van der Waals surface area (Å²) in [5.41, 5.74) is 3.85. The Balaban J connectivity index is 1.98. The standard InChI is InChI=1S/C18H18N2O2/c1-12-17-10-15(13(2)21)6-9-18(17)20(19-12)11-14-4-7-16(22-3)8-5-14/h4-10H,11H2,1-3H3. The molecule has 1 heterocycles. The van der Waals surface area contributed by atoms with Crippen molar-refractivity contribution < 1.29 is 9.53 Å². The van der Waals surface area contributed by atoms with E-state index in [1.165, 1.54) is 0 Å². The van der Waals surface area contributed by atoms with Crippen LogP contribution in [0.3, 0.4) is 0 Å². The van der Waals surface area contributed by atoms with Gasteiger partial charge in [0.05, 0.1) is 24.9 Å². The third-order valence-electron chi connectivity index (χ3n) is 3.83. The lowest BCUT2D eigenvalue weighted by atomic mass is 10.1. The number of ether oxygens (including phenoxy) is 1. The van der Waals surface area contributed by atoms with Gasteiger partial charge in [-0.1, -0.05) is 12.1 Å². The van der Waals surface area contributed by atoms with E-state index in [0.29, 0.717) is 6.54 Å². The molecule has 4 nitrogen and oxygen atoms in total. The summed E-state index contributed by atoms with van der Waals surface area (Å²) in [7, 11) is 1.66. The van der Waals surface area contributed by atoms with Crippen LogP contribution in [0.4, 0.5) is 0 Å². The van der Waals surface area contributed by atoms with Gasteiger partial charge in [-0.25, -0.2) is 0 Å². The van der Waals surface area contributed by atoms with Crippen LogP contribution in [0.25, 0.3) is 10.9 Å². The molecule has 0 unspecified atom stereocenters. The van der Waals surface area contributed by atoms with E-state index in [2.05, 4.69) is 5.10 Å². The number of ketones is 1. The zero-order valence-corrected chi connectivity index (χ0v) is 13.0. The van der Waals surface area contributed by atoms with Gasteiger partial charge in [-0.2, -0.15) is 5.10 Å². The van der Waals surface area contributed by atoms with Crippen molar-refractivity contribution in [3.63, 3.8) is 0 Å².